The molecule has 4 aromatic rings. The second-order valence-electron chi connectivity index (χ2n) is 8.01. The highest BCUT2D eigenvalue weighted by molar-refractivity contribution is 7.89. The van der Waals surface area contributed by atoms with Gasteiger partial charge in [-0.3, -0.25) is 4.68 Å². The number of sulfonamides is 1. The van der Waals surface area contributed by atoms with Gasteiger partial charge in [-0.05, 0) is 36.3 Å². The summed E-state index contributed by atoms with van der Waals surface area (Å²) in [5, 5.41) is 5.22. The lowest BCUT2D eigenvalue weighted by atomic mass is 10.0. The van der Waals surface area contributed by atoms with Crippen molar-refractivity contribution in [3.63, 3.8) is 0 Å². The molecule has 1 saturated heterocycles. The van der Waals surface area contributed by atoms with E-state index >= 15 is 0 Å². The van der Waals surface area contributed by atoms with Gasteiger partial charge in [0.25, 0.3) is 6.08 Å². The maximum absolute atomic E-state index is 13.2. The molecule has 1 aromatic carbocycles. The molecule has 35 heavy (non-hydrogen) atoms. The molecular weight excluding hydrogens is 478 g/mol. The predicted molar refractivity (Wildman–Crippen MR) is 124 cm³/mol. The monoisotopic (exact) mass is 500 g/mol. The van der Waals surface area contributed by atoms with E-state index in [1.54, 1.807) is 35.4 Å². The number of rotatable bonds is 7. The number of allylic oxidation sites excluding steroid dienone is 1. The van der Waals surface area contributed by atoms with Crippen LogP contribution in [0.2, 0.25) is 0 Å². The molecule has 1 unspecified atom stereocenters. The van der Waals surface area contributed by atoms with Crippen molar-refractivity contribution in [2.45, 2.75) is 17.4 Å². The molecule has 1 aliphatic rings. The van der Waals surface area contributed by atoms with Gasteiger partial charge >= 0.3 is 0 Å². The normalized spacial score (nSPS) is 15.8. The molecule has 5 rings (SSSR count). The van der Waals surface area contributed by atoms with Crippen molar-refractivity contribution >= 4 is 21.1 Å². The summed E-state index contributed by atoms with van der Waals surface area (Å²) in [6.45, 7) is 1.19. The molecule has 1 fully saturated rings. The fourth-order valence-electron chi connectivity index (χ4n) is 4.15. The minimum atomic E-state index is -3.75. The molecule has 12 heteroatoms. The number of morpholine rings is 1. The smallest absolute Gasteiger partial charge is 0.266 e. The third kappa shape index (κ3) is 4.72. The van der Waals surface area contributed by atoms with Crippen LogP contribution in [0, 0.1) is 0 Å². The number of nitrogens with one attached hydrogen (secondary N) is 1. The molecule has 0 bridgehead atoms. The van der Waals surface area contributed by atoms with Gasteiger partial charge in [0, 0.05) is 36.4 Å². The summed E-state index contributed by atoms with van der Waals surface area (Å²) in [6, 6.07) is 7.55. The molecule has 182 valence electrons. The number of benzene rings is 1. The maximum atomic E-state index is 13.2. The number of hydrogen-bond acceptors (Lipinski definition) is 6. The first-order valence-electron chi connectivity index (χ1n) is 10.9. The van der Waals surface area contributed by atoms with Gasteiger partial charge in [-0.2, -0.15) is 18.2 Å². The van der Waals surface area contributed by atoms with Gasteiger partial charge < -0.3 is 9.72 Å². The Hall–Kier alpha value is -3.48. The second-order valence-corrected chi connectivity index (χ2v) is 9.94. The summed E-state index contributed by atoms with van der Waals surface area (Å²) < 4.78 is 60.6. The van der Waals surface area contributed by atoms with Crippen molar-refractivity contribution in [2.24, 2.45) is 0 Å². The number of hydrogen-bond donors (Lipinski definition) is 1. The van der Waals surface area contributed by atoms with E-state index in [1.165, 1.54) is 22.8 Å². The minimum Gasteiger partial charge on any atom is -0.379 e. The highest BCUT2D eigenvalue weighted by atomic mass is 32.2. The molecule has 0 spiro atoms. The topological polar surface area (TPSA) is 106 Å². The van der Waals surface area contributed by atoms with Crippen LogP contribution in [0.25, 0.3) is 22.3 Å². The van der Waals surface area contributed by atoms with E-state index in [0.29, 0.717) is 35.7 Å². The SMILES string of the molecule is O=S(=O)(c1cccc(C(CC=C(F)F)n2cc(-c3ncnc4[nH]ccc34)cn2)c1)N1CCOCC1. The highest BCUT2D eigenvalue weighted by Crippen LogP contribution is 2.30. The lowest BCUT2D eigenvalue weighted by molar-refractivity contribution is 0.0730. The van der Waals surface area contributed by atoms with E-state index in [1.807, 2.05) is 6.07 Å². The summed E-state index contributed by atoms with van der Waals surface area (Å²) in [5.74, 6) is 0. The van der Waals surface area contributed by atoms with Gasteiger partial charge in [0.05, 0.1) is 36.0 Å². The summed E-state index contributed by atoms with van der Waals surface area (Å²) in [7, 11) is -3.75. The average molecular weight is 501 g/mol. The van der Waals surface area contributed by atoms with Crippen LogP contribution in [0.3, 0.4) is 0 Å². The number of nitrogens with zero attached hydrogens (tertiary/aromatic N) is 5. The van der Waals surface area contributed by atoms with Crippen LogP contribution in [0.1, 0.15) is 18.0 Å². The van der Waals surface area contributed by atoms with Crippen LogP contribution in [0.4, 0.5) is 8.78 Å². The molecule has 0 aliphatic carbocycles. The molecular formula is C23H22F2N6O3S. The molecule has 4 heterocycles. The summed E-state index contributed by atoms with van der Waals surface area (Å²) in [5.41, 5.74) is 2.55. The van der Waals surface area contributed by atoms with Crippen LogP contribution in [-0.2, 0) is 14.8 Å². The van der Waals surface area contributed by atoms with Gasteiger partial charge in [-0.25, -0.2) is 18.4 Å². The summed E-state index contributed by atoms with van der Waals surface area (Å²) >= 11 is 0. The molecule has 0 saturated carbocycles. The number of fused-ring (bicyclic) bond motifs is 1. The van der Waals surface area contributed by atoms with Crippen LogP contribution in [0.5, 0.6) is 0 Å². The quantitative estimate of drug-likeness (QED) is 0.416. The lowest BCUT2D eigenvalue weighted by Gasteiger charge is -2.26. The predicted octanol–water partition coefficient (Wildman–Crippen LogP) is 3.60. The zero-order valence-corrected chi connectivity index (χ0v) is 19.3. The Morgan fingerprint density at radius 2 is 2.03 bits per heavy atom. The van der Waals surface area contributed by atoms with E-state index in [4.69, 9.17) is 4.74 Å². The minimum absolute atomic E-state index is 0.0755. The molecule has 3 aromatic heterocycles. The van der Waals surface area contributed by atoms with E-state index in [9.17, 15) is 17.2 Å². The van der Waals surface area contributed by atoms with E-state index < -0.39 is 22.1 Å². The third-order valence-electron chi connectivity index (χ3n) is 5.89. The van der Waals surface area contributed by atoms with Crippen LogP contribution < -0.4 is 0 Å². The maximum Gasteiger partial charge on any atom is 0.266 e. The fourth-order valence-corrected chi connectivity index (χ4v) is 5.61. The van der Waals surface area contributed by atoms with E-state index in [-0.39, 0.29) is 24.4 Å². The molecule has 0 amide bonds. The average Bonchev–Trinajstić information content (AvgIpc) is 3.55. The van der Waals surface area contributed by atoms with Crippen molar-refractivity contribution in [3.05, 3.63) is 73.0 Å². The zero-order valence-electron chi connectivity index (χ0n) is 18.5. The zero-order chi connectivity index (χ0) is 24.4. The van der Waals surface area contributed by atoms with Gasteiger partial charge in [-0.15, -0.1) is 0 Å². The Morgan fingerprint density at radius 1 is 1.20 bits per heavy atom. The fraction of sp³-hybridized carbons (Fsp3) is 0.261. The Kier molecular flexibility index (Phi) is 6.41. The number of H-pyrrole nitrogens is 1. The van der Waals surface area contributed by atoms with E-state index in [2.05, 4.69) is 20.1 Å². The van der Waals surface area contributed by atoms with Gasteiger partial charge in [0.15, 0.2) is 0 Å². The van der Waals surface area contributed by atoms with Crippen LogP contribution in [0.15, 0.2) is 72.3 Å². The van der Waals surface area contributed by atoms with Crippen molar-refractivity contribution < 1.29 is 21.9 Å². The van der Waals surface area contributed by atoms with Crippen molar-refractivity contribution in [3.8, 4) is 11.3 Å². The first-order valence-corrected chi connectivity index (χ1v) is 12.4. The Balaban J connectivity index is 1.52. The Bertz CT molecular complexity index is 1470. The number of aromatic amines is 1. The number of aromatic nitrogens is 5. The summed E-state index contributed by atoms with van der Waals surface area (Å²) in [4.78, 5) is 11.7. The first-order chi connectivity index (χ1) is 16.9. The third-order valence-corrected chi connectivity index (χ3v) is 7.79. The molecule has 1 N–H and O–H groups in total. The lowest BCUT2D eigenvalue weighted by Crippen LogP contribution is -2.40. The standard InChI is InChI=1S/C23H22F2N6O3S/c24-21(25)5-4-20(16-2-1-3-18(12-16)35(32,33)30-8-10-34-11-9-30)31-14-17(13-29-31)22-19-6-7-26-23(19)28-15-27-22/h1-3,5-7,12-15,20H,4,8-11H2,(H,26,27,28). The Labute approximate surface area is 200 Å². The Morgan fingerprint density at radius 3 is 2.83 bits per heavy atom. The molecule has 9 nitrogen and oxygen atoms in total. The van der Waals surface area contributed by atoms with Gasteiger partial charge in [-0.1, -0.05) is 12.1 Å². The van der Waals surface area contributed by atoms with E-state index in [0.717, 1.165) is 11.5 Å². The van der Waals surface area contributed by atoms with Crippen LogP contribution >= 0.6 is 0 Å². The van der Waals surface area contributed by atoms with Crippen molar-refractivity contribution in [1.82, 2.24) is 29.0 Å². The highest BCUT2D eigenvalue weighted by Gasteiger charge is 2.27. The molecule has 1 atom stereocenters. The van der Waals surface area contributed by atoms with Gasteiger partial charge in [0.2, 0.25) is 10.0 Å². The number of halogens is 2. The van der Waals surface area contributed by atoms with Crippen molar-refractivity contribution in [2.75, 3.05) is 26.3 Å². The number of ether oxygens (including phenoxy) is 1. The van der Waals surface area contributed by atoms with Crippen LogP contribution in [-0.4, -0.2) is 63.8 Å². The first kappa shape index (κ1) is 23.3. The van der Waals surface area contributed by atoms with Gasteiger partial charge in [0.1, 0.15) is 12.0 Å². The summed E-state index contributed by atoms with van der Waals surface area (Å²) in [6.07, 6.45) is 5.43. The largest absolute Gasteiger partial charge is 0.379 e. The molecule has 0 radical (unpaired) electrons. The van der Waals surface area contributed by atoms with Crippen molar-refractivity contribution in [1.29, 1.82) is 0 Å². The second kappa shape index (κ2) is 9.64. The molecule has 1 aliphatic heterocycles.